The van der Waals surface area contributed by atoms with Crippen LogP contribution in [0.3, 0.4) is 0 Å². The molecular formula is C19H20N6O2S. The Morgan fingerprint density at radius 2 is 2.11 bits per heavy atom. The first-order valence-electron chi connectivity index (χ1n) is 11.7. The molecule has 0 radical (unpaired) electrons. The van der Waals surface area contributed by atoms with Gasteiger partial charge in [0.1, 0.15) is 23.5 Å². The number of hydrogen-bond donors (Lipinski definition) is 1. The van der Waals surface area contributed by atoms with Crippen LogP contribution >= 0.6 is 11.3 Å². The molecule has 8 nitrogen and oxygen atoms in total. The van der Waals surface area contributed by atoms with Gasteiger partial charge in [-0.2, -0.15) is 5.10 Å². The number of nitrogens with zero attached hydrogens (tertiary/aromatic N) is 5. The molecule has 9 heteroatoms. The summed E-state index contributed by atoms with van der Waals surface area (Å²) in [6.45, 7) is -2.16. The summed E-state index contributed by atoms with van der Waals surface area (Å²) in [5.41, 5.74) is 3.34. The minimum atomic E-state index is -3.25. The van der Waals surface area contributed by atoms with E-state index in [0.29, 0.717) is 17.9 Å². The molecule has 0 saturated carbocycles. The van der Waals surface area contributed by atoms with Gasteiger partial charge in [-0.25, -0.2) is 15.0 Å². The molecule has 4 rings (SSSR count). The predicted octanol–water partition coefficient (Wildman–Crippen LogP) is 3.28. The fourth-order valence-electron chi connectivity index (χ4n) is 2.66. The lowest BCUT2D eigenvalue weighted by molar-refractivity contribution is 0.143. The van der Waals surface area contributed by atoms with Crippen molar-refractivity contribution in [2.75, 3.05) is 25.5 Å². The van der Waals surface area contributed by atoms with E-state index in [1.165, 1.54) is 29.9 Å². The highest BCUT2D eigenvalue weighted by atomic mass is 32.1. The normalized spacial score (nSPS) is 16.4. The molecule has 4 aromatic rings. The van der Waals surface area contributed by atoms with Crippen LogP contribution in [0.4, 0.5) is 5.82 Å². The van der Waals surface area contributed by atoms with Gasteiger partial charge < -0.3 is 14.8 Å². The molecule has 0 aliphatic carbocycles. The van der Waals surface area contributed by atoms with Gasteiger partial charge in [0.2, 0.25) is 5.88 Å². The van der Waals surface area contributed by atoms with Gasteiger partial charge in [0.25, 0.3) is 0 Å². The van der Waals surface area contributed by atoms with Gasteiger partial charge in [0.15, 0.2) is 0 Å². The first kappa shape index (κ1) is 11.8. The minimum absolute atomic E-state index is 0.241. The summed E-state index contributed by atoms with van der Waals surface area (Å²) in [5, 5.41) is 12.6. The van der Waals surface area contributed by atoms with Crippen molar-refractivity contribution >= 4 is 37.6 Å². The van der Waals surface area contributed by atoms with Crippen molar-refractivity contribution in [1.29, 1.82) is 0 Å². The van der Waals surface area contributed by atoms with Crippen molar-refractivity contribution < 1.29 is 19.1 Å². The van der Waals surface area contributed by atoms with Crippen molar-refractivity contribution in [3.8, 4) is 5.88 Å². The zero-order valence-electron chi connectivity index (χ0n) is 22.0. The molecule has 0 spiro atoms. The molecule has 0 bridgehead atoms. The van der Waals surface area contributed by atoms with Gasteiger partial charge in [-0.15, -0.1) is 16.4 Å². The fourth-order valence-corrected chi connectivity index (χ4v) is 3.76. The molecule has 0 fully saturated rings. The third-order valence-electron chi connectivity index (χ3n) is 4.17. The molecule has 4 heterocycles. The summed E-state index contributed by atoms with van der Waals surface area (Å²) in [5.74, 6) is 0.372. The zero-order valence-corrected chi connectivity index (χ0v) is 15.8. The molecule has 4 aromatic heterocycles. The molecular weight excluding hydrogens is 376 g/mol. The van der Waals surface area contributed by atoms with Crippen molar-refractivity contribution in [3.05, 3.63) is 41.5 Å². The summed E-state index contributed by atoms with van der Waals surface area (Å²) in [7, 11) is -3.14. The monoisotopic (exact) mass is 403 g/mol. The maximum atomic E-state index is 7.76. The number of anilines is 1. The van der Waals surface area contributed by atoms with E-state index < -0.39 is 20.2 Å². The Labute approximate surface area is 175 Å². The average Bonchev–Trinajstić information content (AvgIpc) is 3.14. The molecule has 1 N–H and O–H groups in total. The highest BCUT2D eigenvalue weighted by Gasteiger charge is 2.15. The van der Waals surface area contributed by atoms with Crippen LogP contribution in [0.15, 0.2) is 24.7 Å². The second-order valence-electron chi connectivity index (χ2n) is 5.86. The van der Waals surface area contributed by atoms with Crippen LogP contribution in [0.25, 0.3) is 20.4 Å². The second-order valence-corrected chi connectivity index (χ2v) is 6.86. The Morgan fingerprint density at radius 1 is 1.18 bits per heavy atom. The number of methoxy groups -OCH3 is 1. The molecule has 0 unspecified atom stereocenters. The Kier molecular flexibility index (Phi) is 3.37. The summed E-state index contributed by atoms with van der Waals surface area (Å²) in [6, 6.07) is 2.95. The average molecular weight is 404 g/mol. The summed E-state index contributed by atoms with van der Waals surface area (Å²) >= 11 is 1.44. The number of nitrogens with one attached hydrogen (secondary N) is 1. The van der Waals surface area contributed by atoms with E-state index in [1.54, 1.807) is 6.07 Å². The topological polar surface area (TPSA) is 94.9 Å². The van der Waals surface area contributed by atoms with Crippen LogP contribution in [-0.2, 0) is 11.3 Å². The van der Waals surface area contributed by atoms with Crippen molar-refractivity contribution in [3.63, 3.8) is 0 Å². The first-order valence-corrected chi connectivity index (χ1v) is 9.04. The first-order chi connectivity index (χ1) is 16.3. The molecule has 0 amide bonds. The maximum absolute atomic E-state index is 7.76. The second kappa shape index (κ2) is 7.99. The van der Waals surface area contributed by atoms with Crippen molar-refractivity contribution in [2.24, 2.45) is 0 Å². The number of ether oxygens (including phenoxy) is 2. The van der Waals surface area contributed by atoms with E-state index in [9.17, 15) is 0 Å². The Hall–Kier alpha value is -2.91. The van der Waals surface area contributed by atoms with Crippen LogP contribution in [-0.4, -0.2) is 45.3 Å². The summed E-state index contributed by atoms with van der Waals surface area (Å²) in [4.78, 5) is 13.5. The largest absolute Gasteiger partial charge is 0.475 e. The van der Waals surface area contributed by atoms with Crippen LogP contribution < -0.4 is 10.1 Å². The molecule has 0 atom stereocenters. The summed E-state index contributed by atoms with van der Waals surface area (Å²) in [6.07, 6.45) is 2.89. The number of fused-ring (bicyclic) bond motifs is 3. The number of aryl methyl sites for hydroxylation is 2. The lowest BCUT2D eigenvalue weighted by Crippen LogP contribution is -2.06. The lowest BCUT2D eigenvalue weighted by atomic mass is 10.1. The SMILES string of the molecule is [2H]C([2H])([2H])OC([2H])([2H])C([2H])([2H])Oc1ccc(CNc2ncnc3c2sc2nnc(C)c(C)c23)cn1. The molecule has 0 aliphatic heterocycles. The van der Waals surface area contributed by atoms with Gasteiger partial charge in [0, 0.05) is 31.2 Å². The predicted molar refractivity (Wildman–Crippen MR) is 109 cm³/mol. The molecule has 144 valence electrons. The third kappa shape index (κ3) is 3.58. The number of hydrogen-bond acceptors (Lipinski definition) is 9. The van der Waals surface area contributed by atoms with Crippen LogP contribution in [0, 0.1) is 13.8 Å². The van der Waals surface area contributed by atoms with Crippen LogP contribution in [0.5, 0.6) is 5.88 Å². The van der Waals surface area contributed by atoms with Crippen molar-refractivity contribution in [1.82, 2.24) is 25.1 Å². The molecule has 0 aliphatic rings. The third-order valence-corrected chi connectivity index (χ3v) is 5.24. The van der Waals surface area contributed by atoms with Gasteiger partial charge in [-0.05, 0) is 25.0 Å². The van der Waals surface area contributed by atoms with E-state index in [1.807, 2.05) is 13.8 Å². The number of thiophene rings is 1. The fraction of sp³-hybridized carbons (Fsp3) is 0.316. The van der Waals surface area contributed by atoms with E-state index in [0.717, 1.165) is 31.7 Å². The number of pyridine rings is 1. The van der Waals surface area contributed by atoms with Crippen molar-refractivity contribution in [2.45, 2.75) is 20.4 Å². The van der Waals surface area contributed by atoms with Gasteiger partial charge in [-0.3, -0.25) is 0 Å². The Bertz CT molecular complexity index is 1380. The maximum Gasteiger partial charge on any atom is 0.213 e. The lowest BCUT2D eigenvalue weighted by Gasteiger charge is -2.08. The number of aromatic nitrogens is 5. The molecule has 0 saturated heterocycles. The molecule has 0 aromatic carbocycles. The Morgan fingerprint density at radius 3 is 2.93 bits per heavy atom. The highest BCUT2D eigenvalue weighted by Crippen LogP contribution is 2.36. The van der Waals surface area contributed by atoms with E-state index in [2.05, 4.69) is 35.2 Å². The minimum Gasteiger partial charge on any atom is -0.475 e. The standard InChI is InChI=1S/C19H20N6O2S/c1-11-12(2)24-25-19-15(11)16-17(28-19)18(23-10-22-16)21-9-13-4-5-14(20-8-13)27-7-6-26-3/h4-5,8,10H,6-7,9H2,1-3H3,(H,21,22,23)/i3D3,6D2,7D2. The smallest absolute Gasteiger partial charge is 0.213 e. The van der Waals surface area contributed by atoms with Gasteiger partial charge in [0.05, 0.1) is 32.1 Å². The summed E-state index contributed by atoms with van der Waals surface area (Å²) < 4.78 is 61.8. The van der Waals surface area contributed by atoms with E-state index in [-0.39, 0.29) is 5.88 Å². The van der Waals surface area contributed by atoms with Gasteiger partial charge in [-0.1, -0.05) is 6.07 Å². The van der Waals surface area contributed by atoms with E-state index >= 15 is 0 Å². The Balaban J connectivity index is 1.49. The van der Waals surface area contributed by atoms with Crippen LogP contribution in [0.1, 0.15) is 26.4 Å². The zero-order chi connectivity index (χ0) is 25.6. The highest BCUT2D eigenvalue weighted by molar-refractivity contribution is 7.25. The molecule has 28 heavy (non-hydrogen) atoms. The number of rotatable bonds is 7. The van der Waals surface area contributed by atoms with Crippen LogP contribution in [0.2, 0.25) is 0 Å². The van der Waals surface area contributed by atoms with E-state index in [4.69, 9.17) is 14.3 Å². The quantitative estimate of drug-likeness (QED) is 0.502. The van der Waals surface area contributed by atoms with Gasteiger partial charge >= 0.3 is 0 Å².